The molecule has 2 nitrogen and oxygen atoms in total. The minimum absolute atomic E-state index is 0.216. The lowest BCUT2D eigenvalue weighted by molar-refractivity contribution is 0.101. The average Bonchev–Trinajstić information content (AvgIpc) is 2.84. The van der Waals surface area contributed by atoms with Crippen LogP contribution in [-0.4, -0.2) is 5.78 Å². The molecule has 1 aromatic heterocycles. The zero-order chi connectivity index (χ0) is 14.3. The lowest BCUT2D eigenvalue weighted by Crippen LogP contribution is -1.99. The summed E-state index contributed by atoms with van der Waals surface area (Å²) in [7, 11) is 0. The summed E-state index contributed by atoms with van der Waals surface area (Å²) in [5.41, 5.74) is 1.10. The minimum Gasteiger partial charge on any atom is -0.453 e. The fourth-order valence-electron chi connectivity index (χ4n) is 1.91. The van der Waals surface area contributed by atoms with Crippen LogP contribution in [0.4, 0.5) is 0 Å². The van der Waals surface area contributed by atoms with Gasteiger partial charge < -0.3 is 4.42 Å². The number of benzene rings is 2. The monoisotopic (exact) mass is 368 g/mol. The molecule has 0 spiro atoms. The van der Waals surface area contributed by atoms with Gasteiger partial charge >= 0.3 is 0 Å². The molecule has 3 aromatic rings. The Morgan fingerprint density at radius 3 is 2.60 bits per heavy atom. The normalized spacial score (nSPS) is 10.9. The van der Waals surface area contributed by atoms with E-state index in [1.807, 2.05) is 0 Å². The van der Waals surface area contributed by atoms with Crippen LogP contribution in [0.5, 0.6) is 0 Å². The zero-order valence-electron chi connectivity index (χ0n) is 9.99. The van der Waals surface area contributed by atoms with E-state index in [1.54, 1.807) is 42.5 Å². The van der Waals surface area contributed by atoms with E-state index in [1.165, 1.54) is 0 Å². The number of halogens is 3. The Hall–Kier alpha value is -1.29. The molecule has 0 saturated carbocycles. The molecule has 0 bridgehead atoms. The molecule has 0 unspecified atom stereocenters. The molecule has 1 heterocycles. The number of ketones is 1. The summed E-state index contributed by atoms with van der Waals surface area (Å²) in [6.45, 7) is 0. The molecule has 100 valence electrons. The Labute approximate surface area is 133 Å². The van der Waals surface area contributed by atoms with E-state index in [0.29, 0.717) is 21.2 Å². The highest BCUT2D eigenvalue weighted by Crippen LogP contribution is 2.27. The zero-order valence-corrected chi connectivity index (χ0v) is 13.1. The molecule has 0 atom stereocenters. The first-order chi connectivity index (χ1) is 9.54. The van der Waals surface area contributed by atoms with Gasteiger partial charge in [0.15, 0.2) is 5.76 Å². The SMILES string of the molecule is O=C(c1ccc(Br)c(Cl)c1)c1cc2cc(Cl)ccc2o1. The largest absolute Gasteiger partial charge is 0.453 e. The molecule has 0 saturated heterocycles. The second-order valence-corrected chi connectivity index (χ2v) is 5.95. The fraction of sp³-hybridized carbons (Fsp3) is 0. The minimum atomic E-state index is -0.216. The second-order valence-electron chi connectivity index (χ2n) is 4.25. The Morgan fingerprint density at radius 2 is 1.85 bits per heavy atom. The molecular formula is C15H7BrCl2O2. The van der Waals surface area contributed by atoms with Crippen LogP contribution < -0.4 is 0 Å². The maximum absolute atomic E-state index is 12.4. The van der Waals surface area contributed by atoms with Gasteiger partial charge in [-0.2, -0.15) is 0 Å². The maximum Gasteiger partial charge on any atom is 0.228 e. The van der Waals surface area contributed by atoms with Gasteiger partial charge in [-0.25, -0.2) is 0 Å². The van der Waals surface area contributed by atoms with Gasteiger partial charge in [0.05, 0.1) is 5.02 Å². The smallest absolute Gasteiger partial charge is 0.228 e. The number of carbonyl (C=O) groups is 1. The van der Waals surface area contributed by atoms with E-state index in [2.05, 4.69) is 15.9 Å². The lowest BCUT2D eigenvalue weighted by atomic mass is 10.1. The Balaban J connectivity index is 2.05. The van der Waals surface area contributed by atoms with Gasteiger partial charge in [-0.3, -0.25) is 4.79 Å². The Morgan fingerprint density at radius 1 is 1.05 bits per heavy atom. The van der Waals surface area contributed by atoms with Crippen LogP contribution in [0.1, 0.15) is 16.1 Å². The lowest BCUT2D eigenvalue weighted by Gasteiger charge is -2.00. The quantitative estimate of drug-likeness (QED) is 0.539. The van der Waals surface area contributed by atoms with Crippen molar-refractivity contribution < 1.29 is 9.21 Å². The van der Waals surface area contributed by atoms with Crippen LogP contribution in [-0.2, 0) is 0 Å². The van der Waals surface area contributed by atoms with Crippen molar-refractivity contribution in [2.24, 2.45) is 0 Å². The highest BCUT2D eigenvalue weighted by molar-refractivity contribution is 9.10. The molecule has 0 aliphatic carbocycles. The van der Waals surface area contributed by atoms with Crippen molar-refractivity contribution in [3.8, 4) is 0 Å². The predicted molar refractivity (Wildman–Crippen MR) is 83.8 cm³/mol. The third-order valence-corrected chi connectivity index (χ3v) is 4.35. The van der Waals surface area contributed by atoms with Gasteiger partial charge in [0.2, 0.25) is 5.78 Å². The van der Waals surface area contributed by atoms with Crippen molar-refractivity contribution in [1.29, 1.82) is 0 Å². The van der Waals surface area contributed by atoms with Gasteiger partial charge in [0, 0.05) is 20.4 Å². The van der Waals surface area contributed by atoms with Gasteiger partial charge in [-0.15, -0.1) is 0 Å². The molecular weight excluding hydrogens is 363 g/mol. The summed E-state index contributed by atoms with van der Waals surface area (Å²) in [4.78, 5) is 12.4. The molecule has 3 rings (SSSR count). The summed E-state index contributed by atoms with van der Waals surface area (Å²) in [6.07, 6.45) is 0. The summed E-state index contributed by atoms with van der Waals surface area (Å²) < 4.78 is 6.29. The summed E-state index contributed by atoms with van der Waals surface area (Å²) in [6, 6.07) is 11.9. The molecule has 0 N–H and O–H groups in total. The van der Waals surface area contributed by atoms with Crippen LogP contribution in [0.2, 0.25) is 10.0 Å². The third kappa shape index (κ3) is 2.49. The second kappa shape index (κ2) is 5.24. The first-order valence-corrected chi connectivity index (χ1v) is 7.28. The molecule has 0 amide bonds. The molecule has 0 radical (unpaired) electrons. The number of hydrogen-bond acceptors (Lipinski definition) is 2. The van der Waals surface area contributed by atoms with Crippen molar-refractivity contribution in [2.45, 2.75) is 0 Å². The predicted octanol–water partition coefficient (Wildman–Crippen LogP) is 5.73. The molecule has 2 aromatic carbocycles. The summed E-state index contributed by atoms with van der Waals surface area (Å²) >= 11 is 15.2. The molecule has 0 aliphatic heterocycles. The van der Waals surface area contributed by atoms with Gasteiger partial charge in [0.25, 0.3) is 0 Å². The van der Waals surface area contributed by atoms with E-state index < -0.39 is 0 Å². The molecule has 5 heteroatoms. The standard InChI is InChI=1S/C15H7BrCl2O2/c16-11-3-1-8(6-12(11)18)15(19)14-7-9-5-10(17)2-4-13(9)20-14/h1-7H. The van der Waals surface area contributed by atoms with Crippen molar-refractivity contribution in [3.05, 3.63) is 68.3 Å². The van der Waals surface area contributed by atoms with E-state index in [0.717, 1.165) is 9.86 Å². The van der Waals surface area contributed by atoms with Crippen LogP contribution in [0.3, 0.4) is 0 Å². The maximum atomic E-state index is 12.4. The van der Waals surface area contributed by atoms with Crippen molar-refractivity contribution in [1.82, 2.24) is 0 Å². The fourth-order valence-corrected chi connectivity index (χ4v) is 2.51. The summed E-state index contributed by atoms with van der Waals surface area (Å²) in [5, 5.41) is 1.88. The average molecular weight is 370 g/mol. The van der Waals surface area contributed by atoms with E-state index in [4.69, 9.17) is 27.6 Å². The number of fused-ring (bicyclic) bond motifs is 1. The molecule has 0 aliphatic rings. The van der Waals surface area contributed by atoms with E-state index in [-0.39, 0.29) is 11.5 Å². The number of hydrogen-bond donors (Lipinski definition) is 0. The first kappa shape index (κ1) is 13.7. The Bertz CT molecular complexity index is 824. The highest BCUT2D eigenvalue weighted by Gasteiger charge is 2.15. The van der Waals surface area contributed by atoms with Gasteiger partial charge in [-0.1, -0.05) is 23.2 Å². The number of rotatable bonds is 2. The number of carbonyl (C=O) groups excluding carboxylic acids is 1. The van der Waals surface area contributed by atoms with Crippen LogP contribution in [0.25, 0.3) is 11.0 Å². The number of furan rings is 1. The topological polar surface area (TPSA) is 30.2 Å². The highest BCUT2D eigenvalue weighted by atomic mass is 79.9. The van der Waals surface area contributed by atoms with Gasteiger partial charge in [0.1, 0.15) is 5.58 Å². The van der Waals surface area contributed by atoms with Gasteiger partial charge in [-0.05, 0) is 58.4 Å². The van der Waals surface area contributed by atoms with Crippen LogP contribution in [0.15, 0.2) is 51.4 Å². The van der Waals surface area contributed by atoms with Crippen LogP contribution in [0, 0.1) is 0 Å². The van der Waals surface area contributed by atoms with E-state index in [9.17, 15) is 4.79 Å². The summed E-state index contributed by atoms with van der Waals surface area (Å²) in [5.74, 6) is 0.0485. The molecule has 20 heavy (non-hydrogen) atoms. The third-order valence-electron chi connectivity index (χ3n) is 2.88. The van der Waals surface area contributed by atoms with Crippen LogP contribution >= 0.6 is 39.1 Å². The first-order valence-electron chi connectivity index (χ1n) is 5.73. The molecule has 0 fully saturated rings. The van der Waals surface area contributed by atoms with Crippen molar-refractivity contribution in [3.63, 3.8) is 0 Å². The Kier molecular flexibility index (Phi) is 3.59. The van der Waals surface area contributed by atoms with Crippen molar-refractivity contribution >= 4 is 55.9 Å². The van der Waals surface area contributed by atoms with Crippen molar-refractivity contribution in [2.75, 3.05) is 0 Å². The van der Waals surface area contributed by atoms with E-state index >= 15 is 0 Å².